The number of nitrogens with zero attached hydrogens (tertiary/aromatic N) is 3. The van der Waals surface area contributed by atoms with Gasteiger partial charge in [-0.15, -0.1) is 0 Å². The average Bonchev–Trinajstić information content (AvgIpc) is 3.15. The number of carbonyl (C=O) groups is 2. The van der Waals surface area contributed by atoms with Crippen molar-refractivity contribution in [3.8, 4) is 0 Å². The van der Waals surface area contributed by atoms with E-state index >= 15 is 0 Å². The van der Waals surface area contributed by atoms with Gasteiger partial charge in [-0.1, -0.05) is 6.07 Å². The van der Waals surface area contributed by atoms with Crippen molar-refractivity contribution in [1.82, 2.24) is 9.31 Å². The molecular weight excluding hydrogens is 472 g/mol. The van der Waals surface area contributed by atoms with Crippen molar-refractivity contribution < 1.29 is 31.2 Å². The summed E-state index contributed by atoms with van der Waals surface area (Å²) in [4.78, 5) is 25.2. The minimum absolute atomic E-state index is 0.0117. The maximum absolute atomic E-state index is 13.1. The summed E-state index contributed by atoms with van der Waals surface area (Å²) in [6, 6.07) is 4.05. The van der Waals surface area contributed by atoms with Gasteiger partial charge in [-0.25, -0.2) is 21.8 Å². The zero-order valence-corrected chi connectivity index (χ0v) is 19.8. The number of sulfonamides is 1. The van der Waals surface area contributed by atoms with E-state index in [0.29, 0.717) is 18.8 Å². The van der Waals surface area contributed by atoms with E-state index in [1.807, 2.05) is 0 Å². The number of anilines is 1. The van der Waals surface area contributed by atoms with Gasteiger partial charge in [0.1, 0.15) is 5.71 Å². The summed E-state index contributed by atoms with van der Waals surface area (Å²) in [5.41, 5.74) is 0.929. The predicted octanol–water partition coefficient (Wildman–Crippen LogP) is 0.120. The highest BCUT2D eigenvalue weighted by atomic mass is 32.2. The molecule has 1 N–H and O–H groups in total. The third-order valence-corrected chi connectivity index (χ3v) is 9.70. The van der Waals surface area contributed by atoms with Gasteiger partial charge in [-0.2, -0.15) is 9.41 Å². The summed E-state index contributed by atoms with van der Waals surface area (Å²) in [6.45, 7) is 2.85. The van der Waals surface area contributed by atoms with Crippen molar-refractivity contribution in [3.63, 3.8) is 0 Å². The summed E-state index contributed by atoms with van der Waals surface area (Å²) in [5.74, 6) is -1.06. The summed E-state index contributed by atoms with van der Waals surface area (Å²) in [5, 5.41) is 7.93. The Morgan fingerprint density at radius 2 is 1.94 bits per heavy atom. The number of amides is 2. The van der Waals surface area contributed by atoms with E-state index in [4.69, 9.17) is 4.74 Å². The number of aryl methyl sites for hydroxylation is 1. The van der Waals surface area contributed by atoms with Crippen LogP contribution < -0.4 is 5.32 Å². The zero-order chi connectivity index (χ0) is 23.8. The fraction of sp³-hybridized carbons (Fsp3) is 0.550. The van der Waals surface area contributed by atoms with Gasteiger partial charge in [0.15, 0.2) is 9.84 Å². The molecule has 1 aromatic carbocycles. The second-order valence-corrected chi connectivity index (χ2v) is 12.4. The van der Waals surface area contributed by atoms with E-state index in [1.165, 1.54) is 10.4 Å². The molecule has 2 amide bonds. The number of hydrogen-bond donors (Lipinski definition) is 1. The molecule has 0 radical (unpaired) electrons. The molecular formula is C20H26N4O7S2. The molecule has 2 fully saturated rings. The predicted molar refractivity (Wildman–Crippen MR) is 120 cm³/mol. The Balaban J connectivity index is 1.53. The van der Waals surface area contributed by atoms with Crippen LogP contribution in [0.5, 0.6) is 0 Å². The van der Waals surface area contributed by atoms with Gasteiger partial charge in [0.05, 0.1) is 35.7 Å². The molecule has 0 aliphatic carbocycles. The molecule has 4 rings (SSSR count). The van der Waals surface area contributed by atoms with Gasteiger partial charge in [0, 0.05) is 31.6 Å². The number of hydrogen-bond acceptors (Lipinski definition) is 8. The molecule has 0 aromatic heterocycles. The number of morpholine rings is 1. The standard InChI is InChI=1S/C20H26N4O7S2/c1-14-2-3-15(12-18(14)33(29,30)23-7-9-31-10-8-23)21-20(26)17-4-5-19(25)24(22-17)16-6-11-32(27,28)13-16/h2-3,12,16H,4-11,13H2,1H3,(H,21,26). The smallest absolute Gasteiger partial charge is 0.271 e. The maximum Gasteiger partial charge on any atom is 0.271 e. The number of sulfone groups is 1. The summed E-state index contributed by atoms with van der Waals surface area (Å²) in [6.07, 6.45) is 0.450. The van der Waals surface area contributed by atoms with Crippen LogP contribution in [0.25, 0.3) is 0 Å². The van der Waals surface area contributed by atoms with Crippen LogP contribution in [0.1, 0.15) is 24.8 Å². The van der Waals surface area contributed by atoms with Gasteiger partial charge < -0.3 is 10.1 Å². The zero-order valence-electron chi connectivity index (χ0n) is 18.2. The minimum atomic E-state index is -3.75. The van der Waals surface area contributed by atoms with E-state index in [1.54, 1.807) is 19.1 Å². The van der Waals surface area contributed by atoms with Crippen LogP contribution in [0.4, 0.5) is 5.69 Å². The Morgan fingerprint density at radius 3 is 2.61 bits per heavy atom. The van der Waals surface area contributed by atoms with E-state index in [2.05, 4.69) is 10.4 Å². The quantitative estimate of drug-likeness (QED) is 0.607. The van der Waals surface area contributed by atoms with Crippen LogP contribution in [0.3, 0.4) is 0 Å². The molecule has 0 spiro atoms. The lowest BCUT2D eigenvalue weighted by molar-refractivity contribution is -0.133. The lowest BCUT2D eigenvalue weighted by Gasteiger charge is -2.28. The first-order valence-corrected chi connectivity index (χ1v) is 13.9. The average molecular weight is 499 g/mol. The largest absolute Gasteiger partial charge is 0.379 e. The Bertz CT molecular complexity index is 1200. The van der Waals surface area contributed by atoms with E-state index in [9.17, 15) is 26.4 Å². The van der Waals surface area contributed by atoms with Crippen molar-refractivity contribution in [3.05, 3.63) is 23.8 Å². The summed E-state index contributed by atoms with van der Waals surface area (Å²) < 4.78 is 56.3. The molecule has 180 valence electrons. The molecule has 1 aromatic rings. The van der Waals surface area contributed by atoms with Crippen molar-refractivity contribution in [2.75, 3.05) is 43.1 Å². The fourth-order valence-corrected chi connectivity index (χ4v) is 7.42. The van der Waals surface area contributed by atoms with Crippen LogP contribution in [0.15, 0.2) is 28.2 Å². The molecule has 0 bridgehead atoms. The lowest BCUT2D eigenvalue weighted by Crippen LogP contribution is -2.42. The maximum atomic E-state index is 13.1. The lowest BCUT2D eigenvalue weighted by atomic mass is 10.1. The number of rotatable bonds is 5. The van der Waals surface area contributed by atoms with Crippen LogP contribution in [-0.4, -0.2) is 87.5 Å². The number of nitrogens with one attached hydrogen (secondary N) is 1. The van der Waals surface area contributed by atoms with Crippen LogP contribution in [-0.2, 0) is 34.2 Å². The van der Waals surface area contributed by atoms with Gasteiger partial charge >= 0.3 is 0 Å². The van der Waals surface area contributed by atoms with Crippen LogP contribution in [0.2, 0.25) is 0 Å². The number of benzene rings is 1. The normalized spacial score (nSPS) is 23.9. The Morgan fingerprint density at radius 1 is 1.21 bits per heavy atom. The SMILES string of the molecule is Cc1ccc(NC(=O)C2=NN(C3CCS(=O)(=O)C3)C(=O)CC2)cc1S(=O)(=O)N1CCOCC1. The van der Waals surface area contributed by atoms with Crippen molar-refractivity contribution >= 4 is 43.1 Å². The molecule has 1 atom stereocenters. The first kappa shape index (κ1) is 23.8. The van der Waals surface area contributed by atoms with Gasteiger partial charge in [-0.3, -0.25) is 9.59 Å². The van der Waals surface area contributed by atoms with Crippen LogP contribution in [0, 0.1) is 6.92 Å². The third kappa shape index (κ3) is 5.10. The van der Waals surface area contributed by atoms with E-state index in [0.717, 1.165) is 5.01 Å². The van der Waals surface area contributed by atoms with Gasteiger partial charge in [-0.05, 0) is 31.0 Å². The Labute approximate surface area is 192 Å². The topological polar surface area (TPSA) is 143 Å². The minimum Gasteiger partial charge on any atom is -0.379 e. The molecule has 3 aliphatic heterocycles. The first-order chi connectivity index (χ1) is 15.6. The van der Waals surface area contributed by atoms with Crippen LogP contribution >= 0.6 is 0 Å². The molecule has 13 heteroatoms. The highest BCUT2D eigenvalue weighted by molar-refractivity contribution is 7.91. The fourth-order valence-electron chi connectivity index (χ4n) is 4.07. The molecule has 2 saturated heterocycles. The number of hydrazone groups is 1. The van der Waals surface area contributed by atoms with Crippen molar-refractivity contribution in [2.24, 2.45) is 5.10 Å². The van der Waals surface area contributed by atoms with E-state index in [-0.39, 0.29) is 66.1 Å². The molecule has 11 nitrogen and oxygen atoms in total. The van der Waals surface area contributed by atoms with Gasteiger partial charge in [0.25, 0.3) is 5.91 Å². The Hall–Kier alpha value is -2.35. The van der Waals surface area contributed by atoms with Gasteiger partial charge in [0.2, 0.25) is 15.9 Å². The second kappa shape index (κ2) is 9.12. The molecule has 3 heterocycles. The first-order valence-electron chi connectivity index (χ1n) is 10.7. The highest BCUT2D eigenvalue weighted by Gasteiger charge is 2.37. The molecule has 3 aliphatic rings. The summed E-state index contributed by atoms with van der Waals surface area (Å²) >= 11 is 0. The molecule has 0 saturated carbocycles. The second-order valence-electron chi connectivity index (χ2n) is 8.29. The van der Waals surface area contributed by atoms with Crippen molar-refractivity contribution in [1.29, 1.82) is 0 Å². The monoisotopic (exact) mass is 498 g/mol. The summed E-state index contributed by atoms with van der Waals surface area (Å²) in [7, 11) is -6.97. The van der Waals surface area contributed by atoms with Crippen molar-refractivity contribution in [2.45, 2.75) is 37.1 Å². The highest BCUT2D eigenvalue weighted by Crippen LogP contribution is 2.26. The number of carbonyl (C=O) groups excluding carboxylic acids is 2. The Kier molecular flexibility index (Phi) is 6.58. The number of ether oxygens (including phenoxy) is 1. The molecule has 1 unspecified atom stereocenters. The van der Waals surface area contributed by atoms with E-state index < -0.39 is 31.8 Å². The molecule has 33 heavy (non-hydrogen) atoms. The third-order valence-electron chi connectivity index (χ3n) is 5.91.